The lowest BCUT2D eigenvalue weighted by atomic mass is 10.1. The zero-order chi connectivity index (χ0) is 19.7. The van der Waals surface area contributed by atoms with Crippen molar-refractivity contribution < 1.29 is 18.1 Å². The third kappa shape index (κ3) is 4.70. The molecule has 1 aliphatic rings. The molecule has 0 spiro atoms. The van der Waals surface area contributed by atoms with E-state index >= 15 is 0 Å². The van der Waals surface area contributed by atoms with Crippen LogP contribution in [0.2, 0.25) is 0 Å². The minimum atomic E-state index is -3.87. The second-order valence-electron chi connectivity index (χ2n) is 7.26. The monoisotopic (exact) mass is 384 g/mol. The number of nitro benzene ring substituents is 1. The van der Waals surface area contributed by atoms with Gasteiger partial charge in [0.25, 0.3) is 5.69 Å². The molecule has 0 aliphatic carbocycles. The predicted octanol–water partition coefficient (Wildman–Crippen LogP) is 1.34. The summed E-state index contributed by atoms with van der Waals surface area (Å²) < 4.78 is 27.4. The van der Waals surface area contributed by atoms with Gasteiger partial charge in [-0.25, -0.2) is 13.1 Å². The van der Waals surface area contributed by atoms with Crippen LogP contribution in [0.3, 0.4) is 0 Å². The van der Waals surface area contributed by atoms with Crippen molar-refractivity contribution in [3.63, 3.8) is 0 Å². The third-order valence-corrected chi connectivity index (χ3v) is 5.72. The molecule has 9 nitrogen and oxygen atoms in total. The van der Waals surface area contributed by atoms with E-state index in [-0.39, 0.29) is 16.5 Å². The average molecular weight is 384 g/mol. The van der Waals surface area contributed by atoms with Crippen LogP contribution in [0.25, 0.3) is 0 Å². The first-order chi connectivity index (χ1) is 11.9. The minimum Gasteiger partial charge on any atom is -0.362 e. The molecular formula is C16H24N4O5S. The Morgan fingerprint density at radius 3 is 2.23 bits per heavy atom. The van der Waals surface area contributed by atoms with Crippen molar-refractivity contribution in [3.8, 4) is 0 Å². The number of sulfonamides is 1. The summed E-state index contributed by atoms with van der Waals surface area (Å²) in [6.45, 7) is 8.42. The molecule has 0 unspecified atom stereocenters. The van der Waals surface area contributed by atoms with E-state index < -0.39 is 20.5 Å². The highest BCUT2D eigenvalue weighted by Crippen LogP contribution is 2.31. The molecule has 1 saturated heterocycles. The SMILES string of the molecule is CC(=O)N1CCN(c2ccc(S(=O)(=O)NC(C)(C)C)cc2[N+](=O)[O-])CC1. The summed E-state index contributed by atoms with van der Waals surface area (Å²) in [5.74, 6) is -0.0335. The number of hydrogen-bond acceptors (Lipinski definition) is 6. The Morgan fingerprint density at radius 2 is 1.77 bits per heavy atom. The molecular weight excluding hydrogens is 360 g/mol. The Kier molecular flexibility index (Phi) is 5.57. The summed E-state index contributed by atoms with van der Waals surface area (Å²) in [6.07, 6.45) is 0. The van der Waals surface area contributed by atoms with Crippen molar-refractivity contribution in [3.05, 3.63) is 28.3 Å². The Balaban J connectivity index is 2.33. The van der Waals surface area contributed by atoms with Gasteiger partial charge < -0.3 is 9.80 Å². The van der Waals surface area contributed by atoms with Crippen LogP contribution in [0.15, 0.2) is 23.1 Å². The van der Waals surface area contributed by atoms with Crippen molar-refractivity contribution in [2.75, 3.05) is 31.1 Å². The first kappa shape index (κ1) is 20.1. The van der Waals surface area contributed by atoms with Crippen LogP contribution >= 0.6 is 0 Å². The van der Waals surface area contributed by atoms with Gasteiger partial charge in [0.15, 0.2) is 0 Å². The highest BCUT2D eigenvalue weighted by molar-refractivity contribution is 7.89. The van der Waals surface area contributed by atoms with E-state index in [0.29, 0.717) is 31.9 Å². The summed E-state index contributed by atoms with van der Waals surface area (Å²) in [7, 11) is -3.87. The molecule has 1 amide bonds. The molecule has 26 heavy (non-hydrogen) atoms. The molecule has 144 valence electrons. The fourth-order valence-corrected chi connectivity index (χ4v) is 4.25. The number of anilines is 1. The van der Waals surface area contributed by atoms with Crippen molar-refractivity contribution in [1.82, 2.24) is 9.62 Å². The molecule has 0 radical (unpaired) electrons. The maximum Gasteiger partial charge on any atom is 0.293 e. The Bertz CT molecular complexity index is 808. The number of nitrogens with zero attached hydrogens (tertiary/aromatic N) is 3. The van der Waals surface area contributed by atoms with Crippen LogP contribution in [0, 0.1) is 10.1 Å². The van der Waals surface area contributed by atoms with Crippen molar-refractivity contribution in [2.24, 2.45) is 0 Å². The largest absolute Gasteiger partial charge is 0.362 e. The summed E-state index contributed by atoms with van der Waals surface area (Å²) in [5.41, 5.74) is -0.610. The number of piperazine rings is 1. The standard InChI is InChI=1S/C16H24N4O5S/c1-12(21)18-7-9-19(10-8-18)14-6-5-13(11-15(14)20(22)23)26(24,25)17-16(2,3)4/h5-6,11,17H,7-10H2,1-4H3. The molecule has 0 bridgehead atoms. The summed E-state index contributed by atoms with van der Waals surface area (Å²) in [4.78, 5) is 25.7. The van der Waals surface area contributed by atoms with Gasteiger partial charge in [-0.1, -0.05) is 0 Å². The fraction of sp³-hybridized carbons (Fsp3) is 0.562. The molecule has 1 N–H and O–H groups in total. The molecule has 1 aromatic rings. The Morgan fingerprint density at radius 1 is 1.19 bits per heavy atom. The average Bonchev–Trinajstić information content (AvgIpc) is 2.52. The number of benzene rings is 1. The summed E-state index contributed by atoms with van der Waals surface area (Å²) >= 11 is 0. The molecule has 0 saturated carbocycles. The number of nitrogens with one attached hydrogen (secondary N) is 1. The van der Waals surface area contributed by atoms with E-state index in [1.54, 1.807) is 30.6 Å². The molecule has 0 atom stereocenters. The van der Waals surface area contributed by atoms with Gasteiger partial charge in [-0.15, -0.1) is 0 Å². The zero-order valence-electron chi connectivity index (χ0n) is 15.4. The normalized spacial score (nSPS) is 15.8. The second kappa shape index (κ2) is 7.20. The van der Waals surface area contributed by atoms with Crippen molar-refractivity contribution in [2.45, 2.75) is 38.1 Å². The number of hydrogen-bond donors (Lipinski definition) is 1. The molecule has 10 heteroatoms. The van der Waals surface area contributed by atoms with Gasteiger partial charge in [0.2, 0.25) is 15.9 Å². The summed E-state index contributed by atoms with van der Waals surface area (Å²) in [5, 5.41) is 11.5. The maximum atomic E-state index is 12.4. The number of carbonyl (C=O) groups is 1. The Labute approximate surface area is 153 Å². The van der Waals surface area contributed by atoms with E-state index in [4.69, 9.17) is 0 Å². The van der Waals surface area contributed by atoms with Crippen LogP contribution in [0.1, 0.15) is 27.7 Å². The first-order valence-electron chi connectivity index (χ1n) is 8.23. The quantitative estimate of drug-likeness (QED) is 0.619. The number of nitro groups is 1. The molecule has 0 aromatic heterocycles. The van der Waals surface area contributed by atoms with Gasteiger partial charge in [-0.2, -0.15) is 0 Å². The van der Waals surface area contributed by atoms with Crippen LogP contribution < -0.4 is 9.62 Å². The third-order valence-electron chi connectivity index (χ3n) is 3.96. The highest BCUT2D eigenvalue weighted by Gasteiger charge is 2.28. The summed E-state index contributed by atoms with van der Waals surface area (Å²) in [6, 6.07) is 3.91. The zero-order valence-corrected chi connectivity index (χ0v) is 16.2. The second-order valence-corrected chi connectivity index (χ2v) is 8.94. The van der Waals surface area contributed by atoms with Crippen LogP contribution in [-0.4, -0.2) is 55.9 Å². The predicted molar refractivity (Wildman–Crippen MR) is 97.6 cm³/mol. The lowest BCUT2D eigenvalue weighted by Crippen LogP contribution is -2.48. The van der Waals surface area contributed by atoms with Gasteiger partial charge in [0.1, 0.15) is 5.69 Å². The minimum absolute atomic E-state index is 0.0335. The topological polar surface area (TPSA) is 113 Å². The highest BCUT2D eigenvalue weighted by atomic mass is 32.2. The van der Waals surface area contributed by atoms with Gasteiger partial charge >= 0.3 is 0 Å². The van der Waals surface area contributed by atoms with Gasteiger partial charge in [-0.05, 0) is 32.9 Å². The molecule has 2 rings (SSSR count). The van der Waals surface area contributed by atoms with Crippen molar-refractivity contribution in [1.29, 1.82) is 0 Å². The molecule has 1 heterocycles. The number of rotatable bonds is 4. The van der Waals surface area contributed by atoms with E-state index in [0.717, 1.165) is 6.07 Å². The fourth-order valence-electron chi connectivity index (χ4n) is 2.81. The lowest BCUT2D eigenvalue weighted by Gasteiger charge is -2.35. The number of amides is 1. The molecule has 1 fully saturated rings. The van der Waals surface area contributed by atoms with Crippen LogP contribution in [0.4, 0.5) is 11.4 Å². The lowest BCUT2D eigenvalue weighted by molar-refractivity contribution is -0.384. The Hall–Kier alpha value is -2.20. The maximum absolute atomic E-state index is 12.4. The van der Waals surface area contributed by atoms with Crippen LogP contribution in [-0.2, 0) is 14.8 Å². The molecule has 1 aromatic carbocycles. The van der Waals surface area contributed by atoms with E-state index in [9.17, 15) is 23.3 Å². The van der Waals surface area contributed by atoms with Crippen LogP contribution in [0.5, 0.6) is 0 Å². The number of carbonyl (C=O) groups excluding carboxylic acids is 1. The van der Waals surface area contributed by atoms with E-state index in [2.05, 4.69) is 4.72 Å². The van der Waals surface area contributed by atoms with E-state index in [1.165, 1.54) is 19.1 Å². The first-order valence-corrected chi connectivity index (χ1v) is 9.72. The smallest absolute Gasteiger partial charge is 0.293 e. The van der Waals surface area contributed by atoms with Gasteiger partial charge in [0, 0.05) is 44.7 Å². The van der Waals surface area contributed by atoms with E-state index in [1.807, 2.05) is 0 Å². The molecule has 1 aliphatic heterocycles. The van der Waals surface area contributed by atoms with Crippen molar-refractivity contribution >= 4 is 27.3 Å². The van der Waals surface area contributed by atoms with Gasteiger partial charge in [-0.3, -0.25) is 14.9 Å². The van der Waals surface area contributed by atoms with Gasteiger partial charge in [0.05, 0.1) is 9.82 Å².